The Morgan fingerprint density at radius 2 is 1.75 bits per heavy atom. The molecule has 0 aliphatic carbocycles. The lowest BCUT2D eigenvalue weighted by Gasteiger charge is -2.57. The van der Waals surface area contributed by atoms with Crippen molar-refractivity contribution in [3.8, 4) is 16.9 Å². The van der Waals surface area contributed by atoms with Crippen LogP contribution in [0.3, 0.4) is 0 Å². The van der Waals surface area contributed by atoms with Gasteiger partial charge in [-0.3, -0.25) is 4.90 Å². The molecule has 2 amide bonds. The maximum Gasteiger partial charge on any atom is 0.321 e. The minimum atomic E-state index is -0.244. The fourth-order valence-electron chi connectivity index (χ4n) is 5.58. The summed E-state index contributed by atoms with van der Waals surface area (Å²) >= 11 is 0. The zero-order chi connectivity index (χ0) is 25.1. The van der Waals surface area contributed by atoms with Gasteiger partial charge in [-0.05, 0) is 60.8 Å². The lowest BCUT2D eigenvalue weighted by atomic mass is 9.74. The summed E-state index contributed by atoms with van der Waals surface area (Å²) in [5.74, 6) is 0.592. The number of amides is 2. The van der Waals surface area contributed by atoms with Crippen LogP contribution in [-0.4, -0.2) is 66.4 Å². The number of benzene rings is 3. The van der Waals surface area contributed by atoms with Crippen LogP contribution in [0.1, 0.15) is 24.3 Å². The highest BCUT2D eigenvalue weighted by Crippen LogP contribution is 2.42. The quantitative estimate of drug-likeness (QED) is 0.532. The predicted octanol–water partition coefficient (Wildman–Crippen LogP) is 4.96. The molecule has 5 rings (SSSR count). The first kappa shape index (κ1) is 24.3. The van der Waals surface area contributed by atoms with Gasteiger partial charge in [-0.15, -0.1) is 0 Å². The number of carbonyl (C=O) groups excluding carboxylic acids is 1. The number of anilines is 1. The van der Waals surface area contributed by atoms with Crippen LogP contribution in [0.15, 0.2) is 72.8 Å². The number of carbonyl (C=O) groups is 1. The van der Waals surface area contributed by atoms with E-state index in [9.17, 15) is 14.3 Å². The van der Waals surface area contributed by atoms with Gasteiger partial charge in [0.2, 0.25) is 0 Å². The van der Waals surface area contributed by atoms with E-state index in [1.807, 2.05) is 59.5 Å². The third kappa shape index (κ3) is 4.81. The van der Waals surface area contributed by atoms with Crippen LogP contribution in [-0.2, 0) is 0 Å². The Hall–Kier alpha value is -3.42. The zero-order valence-corrected chi connectivity index (χ0v) is 20.4. The Bertz CT molecular complexity index is 1190. The summed E-state index contributed by atoms with van der Waals surface area (Å²) in [6.45, 7) is 2.25. The number of nitrogens with one attached hydrogen (secondary N) is 1. The molecule has 2 aliphatic heterocycles. The molecule has 3 aromatic carbocycles. The van der Waals surface area contributed by atoms with E-state index in [1.54, 1.807) is 19.2 Å². The van der Waals surface area contributed by atoms with Crippen LogP contribution in [0.25, 0.3) is 11.1 Å². The fourth-order valence-corrected chi connectivity index (χ4v) is 5.58. The van der Waals surface area contributed by atoms with Crippen LogP contribution in [0.5, 0.6) is 5.75 Å². The number of rotatable bonds is 5. The summed E-state index contributed by atoms with van der Waals surface area (Å²) in [5, 5.41) is 13.2. The number of ether oxygens (including phenoxy) is 1. The maximum absolute atomic E-state index is 14.3. The van der Waals surface area contributed by atoms with Gasteiger partial charge in [0.05, 0.1) is 13.7 Å². The smallest absolute Gasteiger partial charge is 0.321 e. The van der Waals surface area contributed by atoms with Crippen LogP contribution in [0.4, 0.5) is 14.9 Å². The van der Waals surface area contributed by atoms with Gasteiger partial charge in [-0.25, -0.2) is 9.18 Å². The molecule has 0 unspecified atom stereocenters. The van der Waals surface area contributed by atoms with Crippen LogP contribution in [0, 0.1) is 5.82 Å². The average Bonchev–Trinajstić information content (AvgIpc) is 2.89. The van der Waals surface area contributed by atoms with E-state index in [1.165, 1.54) is 6.07 Å². The average molecular weight is 490 g/mol. The first-order chi connectivity index (χ1) is 17.6. The van der Waals surface area contributed by atoms with Crippen LogP contribution >= 0.6 is 0 Å². The van der Waals surface area contributed by atoms with E-state index in [4.69, 9.17) is 4.74 Å². The molecule has 188 valence electrons. The van der Waals surface area contributed by atoms with Gasteiger partial charge in [0, 0.05) is 42.3 Å². The van der Waals surface area contributed by atoms with Gasteiger partial charge < -0.3 is 20.1 Å². The van der Waals surface area contributed by atoms with E-state index in [0.29, 0.717) is 18.7 Å². The number of methoxy groups -OCH3 is 1. The molecule has 2 aliphatic rings. The third-order valence-corrected chi connectivity index (χ3v) is 7.48. The molecule has 0 bridgehead atoms. The zero-order valence-electron chi connectivity index (χ0n) is 20.4. The van der Waals surface area contributed by atoms with Crippen LogP contribution < -0.4 is 10.1 Å². The molecule has 36 heavy (non-hydrogen) atoms. The van der Waals surface area contributed by atoms with Crippen molar-refractivity contribution in [2.24, 2.45) is 0 Å². The van der Waals surface area contributed by atoms with Gasteiger partial charge in [0.1, 0.15) is 11.6 Å². The molecule has 0 radical (unpaired) electrons. The molecular weight excluding hydrogens is 457 g/mol. The molecule has 0 saturated carbocycles. The second-order valence-corrected chi connectivity index (χ2v) is 9.49. The number of halogens is 1. The van der Waals surface area contributed by atoms with Crippen LogP contribution in [0.2, 0.25) is 0 Å². The summed E-state index contributed by atoms with van der Waals surface area (Å²) < 4.78 is 19.5. The molecule has 2 fully saturated rings. The molecule has 2 heterocycles. The number of nitrogens with zero attached hydrogens (tertiary/aromatic N) is 2. The van der Waals surface area contributed by atoms with E-state index in [0.717, 1.165) is 42.0 Å². The standard InChI is InChI=1S/C29H32FN3O3/c1-36-23-14-12-22(13-15-23)31-29(35)32-16-4-5-17-33-26(18-32)28(27(33)19-34)21-10-8-20(9-11-21)24-6-2-3-7-25(24)30/h2-3,6-15,26-28,34H,4-5,16-19H2,1H3,(H,31,35)/t26-,27-,28+/m0/s1. The second-order valence-electron chi connectivity index (χ2n) is 9.49. The van der Waals surface area contributed by atoms with E-state index >= 15 is 0 Å². The summed E-state index contributed by atoms with van der Waals surface area (Å²) in [6.07, 6.45) is 1.89. The molecular formula is C29H32FN3O3. The monoisotopic (exact) mass is 489 g/mol. The van der Waals surface area contributed by atoms with Gasteiger partial charge in [0.25, 0.3) is 0 Å². The first-order valence-corrected chi connectivity index (χ1v) is 12.5. The number of hydrogen-bond donors (Lipinski definition) is 2. The summed E-state index contributed by atoms with van der Waals surface area (Å²) in [5.41, 5.74) is 3.23. The fraction of sp³-hybridized carbons (Fsp3) is 0.345. The Morgan fingerprint density at radius 3 is 2.44 bits per heavy atom. The van der Waals surface area contributed by atoms with Gasteiger partial charge in [-0.2, -0.15) is 0 Å². The Kier molecular flexibility index (Phi) is 7.20. The molecule has 0 spiro atoms. The first-order valence-electron chi connectivity index (χ1n) is 12.5. The largest absolute Gasteiger partial charge is 0.497 e. The predicted molar refractivity (Wildman–Crippen MR) is 139 cm³/mol. The van der Waals surface area contributed by atoms with E-state index in [-0.39, 0.29) is 36.5 Å². The molecule has 7 heteroatoms. The lowest BCUT2D eigenvalue weighted by Crippen LogP contribution is -2.68. The number of hydrogen-bond acceptors (Lipinski definition) is 4. The highest BCUT2D eigenvalue weighted by molar-refractivity contribution is 5.89. The number of aliphatic hydroxyl groups is 1. The van der Waals surface area contributed by atoms with Crippen molar-refractivity contribution in [1.82, 2.24) is 9.80 Å². The Morgan fingerprint density at radius 1 is 1.03 bits per heavy atom. The summed E-state index contributed by atoms with van der Waals surface area (Å²) in [6, 6.07) is 22.0. The van der Waals surface area contributed by atoms with Gasteiger partial charge in [0.15, 0.2) is 0 Å². The van der Waals surface area contributed by atoms with Crippen molar-refractivity contribution < 1.29 is 19.0 Å². The Labute approximate surface area is 211 Å². The number of urea groups is 1. The highest BCUT2D eigenvalue weighted by atomic mass is 19.1. The number of fused-ring (bicyclic) bond motifs is 1. The minimum Gasteiger partial charge on any atom is -0.497 e. The number of aliphatic hydroxyl groups excluding tert-OH is 1. The normalized spacial score (nSPS) is 22.1. The molecule has 2 saturated heterocycles. The van der Waals surface area contributed by atoms with E-state index < -0.39 is 0 Å². The molecule has 3 aromatic rings. The highest BCUT2D eigenvalue weighted by Gasteiger charge is 2.49. The van der Waals surface area contributed by atoms with Gasteiger partial charge in [-0.1, -0.05) is 42.5 Å². The van der Waals surface area contributed by atoms with Gasteiger partial charge >= 0.3 is 6.03 Å². The lowest BCUT2D eigenvalue weighted by molar-refractivity contribution is -0.0585. The third-order valence-electron chi connectivity index (χ3n) is 7.48. The molecule has 3 atom stereocenters. The maximum atomic E-state index is 14.3. The molecule has 0 aromatic heterocycles. The van der Waals surface area contributed by atoms with Crippen molar-refractivity contribution in [2.45, 2.75) is 30.8 Å². The summed E-state index contributed by atoms with van der Waals surface area (Å²) in [4.78, 5) is 17.4. The van der Waals surface area contributed by atoms with Crippen molar-refractivity contribution in [1.29, 1.82) is 0 Å². The minimum absolute atomic E-state index is 0.0129. The van der Waals surface area contributed by atoms with Crippen molar-refractivity contribution in [2.75, 3.05) is 38.7 Å². The summed E-state index contributed by atoms with van der Waals surface area (Å²) in [7, 11) is 1.61. The van der Waals surface area contributed by atoms with Crippen molar-refractivity contribution >= 4 is 11.7 Å². The SMILES string of the molecule is COc1ccc(NC(=O)N2CCCCN3[C@@H](CO)[C@H](c4ccc(-c5ccccc5F)cc4)[C@@H]3C2)cc1. The molecule has 2 N–H and O–H groups in total. The van der Waals surface area contributed by atoms with Crippen molar-refractivity contribution in [3.05, 3.63) is 84.2 Å². The Balaban J connectivity index is 1.33. The topological polar surface area (TPSA) is 65.0 Å². The second kappa shape index (κ2) is 10.7. The molecule has 6 nitrogen and oxygen atoms in total. The van der Waals surface area contributed by atoms with Crippen molar-refractivity contribution in [3.63, 3.8) is 0 Å². The van der Waals surface area contributed by atoms with E-state index in [2.05, 4.69) is 10.2 Å².